The van der Waals surface area contributed by atoms with E-state index in [0.29, 0.717) is 5.76 Å². The van der Waals surface area contributed by atoms with Crippen LogP contribution in [0.4, 0.5) is 0 Å². The average Bonchev–Trinajstić information content (AvgIpc) is 2.64. The molecule has 82 valence electrons. The monoisotopic (exact) mass is 270 g/mol. The van der Waals surface area contributed by atoms with Gasteiger partial charge in [-0.25, -0.2) is 0 Å². The fraction of sp³-hybridized carbons (Fsp3) is 0.583. The van der Waals surface area contributed by atoms with Gasteiger partial charge in [0.05, 0.1) is 10.7 Å². The van der Waals surface area contributed by atoms with Crippen molar-refractivity contribution >= 4 is 21.7 Å². The number of halogens is 1. The topological polar surface area (TPSA) is 30.2 Å². The highest BCUT2D eigenvalue weighted by Crippen LogP contribution is 2.39. The van der Waals surface area contributed by atoms with Crippen LogP contribution in [0.1, 0.15) is 49.6 Å². The van der Waals surface area contributed by atoms with Gasteiger partial charge in [-0.1, -0.05) is 26.2 Å². The molecule has 1 fully saturated rings. The predicted molar refractivity (Wildman–Crippen MR) is 61.9 cm³/mol. The lowest BCUT2D eigenvalue weighted by atomic mass is 9.72. The van der Waals surface area contributed by atoms with E-state index in [0.717, 1.165) is 30.2 Å². The van der Waals surface area contributed by atoms with Crippen LogP contribution in [-0.2, 0) is 0 Å². The lowest BCUT2D eigenvalue weighted by molar-refractivity contribution is 0.0717. The minimum absolute atomic E-state index is 0.152. The molecule has 0 bridgehead atoms. The minimum Gasteiger partial charge on any atom is -0.460 e. The molecule has 1 heterocycles. The molecule has 1 aliphatic carbocycles. The molecule has 1 saturated carbocycles. The maximum Gasteiger partial charge on any atom is 0.205 e. The van der Waals surface area contributed by atoms with E-state index in [4.69, 9.17) is 4.42 Å². The van der Waals surface area contributed by atoms with Crippen LogP contribution in [0.3, 0.4) is 0 Å². The summed E-state index contributed by atoms with van der Waals surface area (Å²) >= 11 is 3.34. The highest BCUT2D eigenvalue weighted by Gasteiger charge is 2.37. The van der Waals surface area contributed by atoms with E-state index in [1.54, 1.807) is 12.3 Å². The molecule has 3 heteroatoms. The number of Topliss-reactive ketones (excluding diaryl/α,β-unsaturated/α-hetero) is 1. The van der Waals surface area contributed by atoms with E-state index in [1.165, 1.54) is 6.42 Å². The van der Waals surface area contributed by atoms with Crippen LogP contribution in [0, 0.1) is 5.41 Å². The fourth-order valence-corrected chi connectivity index (χ4v) is 2.67. The number of ketones is 1. The van der Waals surface area contributed by atoms with Gasteiger partial charge in [0.1, 0.15) is 0 Å². The molecule has 0 N–H and O–H groups in total. The quantitative estimate of drug-likeness (QED) is 0.755. The number of carbonyl (C=O) groups excluding carboxylic acids is 1. The largest absolute Gasteiger partial charge is 0.460 e. The summed E-state index contributed by atoms with van der Waals surface area (Å²) in [5.74, 6) is 0.637. The van der Waals surface area contributed by atoms with E-state index in [2.05, 4.69) is 22.9 Å². The van der Waals surface area contributed by atoms with Crippen molar-refractivity contribution in [2.24, 2.45) is 5.41 Å². The molecule has 0 unspecified atom stereocenters. The standard InChI is InChI=1S/C12H15BrO2/c1-12(6-3-2-4-7-12)11(14)10-9(13)5-8-15-10/h5,8H,2-4,6-7H2,1H3. The van der Waals surface area contributed by atoms with Gasteiger partial charge in [0.2, 0.25) is 5.78 Å². The second-order valence-corrected chi connectivity index (χ2v) is 5.40. The first-order valence-corrected chi connectivity index (χ1v) is 6.21. The van der Waals surface area contributed by atoms with Crippen LogP contribution in [0.5, 0.6) is 0 Å². The molecule has 1 aromatic rings. The van der Waals surface area contributed by atoms with Gasteiger partial charge < -0.3 is 4.42 Å². The average molecular weight is 271 g/mol. The summed E-state index contributed by atoms with van der Waals surface area (Å²) in [5, 5.41) is 0. The zero-order valence-corrected chi connectivity index (χ0v) is 10.5. The normalized spacial score (nSPS) is 20.1. The number of carbonyl (C=O) groups is 1. The zero-order chi connectivity index (χ0) is 10.9. The van der Waals surface area contributed by atoms with Gasteiger partial charge in [-0.3, -0.25) is 4.79 Å². The first kappa shape index (κ1) is 10.9. The highest BCUT2D eigenvalue weighted by molar-refractivity contribution is 9.10. The van der Waals surface area contributed by atoms with Gasteiger partial charge >= 0.3 is 0 Å². The van der Waals surface area contributed by atoms with Gasteiger partial charge in [-0.2, -0.15) is 0 Å². The van der Waals surface area contributed by atoms with Crippen LogP contribution in [0.2, 0.25) is 0 Å². The molecule has 0 radical (unpaired) electrons. The van der Waals surface area contributed by atoms with Crippen molar-refractivity contribution in [3.8, 4) is 0 Å². The van der Waals surface area contributed by atoms with Crippen molar-refractivity contribution in [3.05, 3.63) is 22.6 Å². The minimum atomic E-state index is -0.210. The summed E-state index contributed by atoms with van der Waals surface area (Å²) < 4.78 is 6.03. The van der Waals surface area contributed by atoms with Gasteiger partial charge in [-0.15, -0.1) is 0 Å². The summed E-state index contributed by atoms with van der Waals surface area (Å²) in [6, 6.07) is 1.78. The second-order valence-electron chi connectivity index (χ2n) is 4.55. The van der Waals surface area contributed by atoms with E-state index in [1.807, 2.05) is 0 Å². The Balaban J connectivity index is 2.23. The van der Waals surface area contributed by atoms with Gasteiger partial charge in [-0.05, 0) is 34.8 Å². The third-order valence-corrected chi connectivity index (χ3v) is 3.95. The summed E-state index contributed by atoms with van der Waals surface area (Å²) in [4.78, 5) is 12.3. The molecule has 0 saturated heterocycles. The Morgan fingerprint density at radius 2 is 2.07 bits per heavy atom. The summed E-state index contributed by atoms with van der Waals surface area (Å²) in [6.45, 7) is 2.06. The van der Waals surface area contributed by atoms with Gasteiger partial charge in [0, 0.05) is 5.41 Å². The third kappa shape index (κ3) is 2.03. The van der Waals surface area contributed by atoms with Crippen LogP contribution in [-0.4, -0.2) is 5.78 Å². The van der Waals surface area contributed by atoms with Crippen LogP contribution in [0.15, 0.2) is 21.2 Å². The molecule has 1 aromatic heterocycles. The zero-order valence-electron chi connectivity index (χ0n) is 8.88. The summed E-state index contributed by atoms with van der Waals surface area (Å²) in [7, 11) is 0. The molecule has 0 aromatic carbocycles. The lowest BCUT2D eigenvalue weighted by Gasteiger charge is -2.31. The Labute approximate surface area is 98.2 Å². The highest BCUT2D eigenvalue weighted by atomic mass is 79.9. The molecule has 2 rings (SSSR count). The predicted octanol–water partition coefficient (Wildman–Crippen LogP) is 4.20. The van der Waals surface area contributed by atoms with Crippen molar-refractivity contribution in [2.45, 2.75) is 39.0 Å². The Hall–Kier alpha value is -0.570. The molecule has 0 aliphatic heterocycles. The van der Waals surface area contributed by atoms with Gasteiger partial charge in [0.15, 0.2) is 5.76 Å². The lowest BCUT2D eigenvalue weighted by Crippen LogP contribution is -2.30. The Morgan fingerprint density at radius 3 is 2.60 bits per heavy atom. The molecular formula is C12H15BrO2. The van der Waals surface area contributed by atoms with Crippen molar-refractivity contribution in [3.63, 3.8) is 0 Å². The van der Waals surface area contributed by atoms with E-state index in [9.17, 15) is 4.79 Å². The van der Waals surface area contributed by atoms with Crippen molar-refractivity contribution in [1.82, 2.24) is 0 Å². The number of hydrogen-bond acceptors (Lipinski definition) is 2. The first-order chi connectivity index (χ1) is 7.13. The van der Waals surface area contributed by atoms with E-state index in [-0.39, 0.29) is 11.2 Å². The number of rotatable bonds is 2. The van der Waals surface area contributed by atoms with E-state index >= 15 is 0 Å². The SMILES string of the molecule is CC1(C(=O)c2occc2Br)CCCCC1. The number of hydrogen-bond donors (Lipinski definition) is 0. The first-order valence-electron chi connectivity index (χ1n) is 5.41. The smallest absolute Gasteiger partial charge is 0.205 e. The van der Waals surface area contributed by atoms with Crippen LogP contribution < -0.4 is 0 Å². The van der Waals surface area contributed by atoms with Crippen LogP contribution >= 0.6 is 15.9 Å². The maximum absolute atomic E-state index is 12.3. The molecule has 15 heavy (non-hydrogen) atoms. The van der Waals surface area contributed by atoms with Crippen molar-refractivity contribution < 1.29 is 9.21 Å². The molecule has 1 aliphatic rings. The van der Waals surface area contributed by atoms with Gasteiger partial charge in [0.25, 0.3) is 0 Å². The summed E-state index contributed by atoms with van der Waals surface area (Å²) in [6.07, 6.45) is 7.09. The fourth-order valence-electron chi connectivity index (χ4n) is 2.29. The molecule has 0 spiro atoms. The second kappa shape index (κ2) is 4.12. The van der Waals surface area contributed by atoms with E-state index < -0.39 is 0 Å². The Bertz CT molecular complexity index is 361. The number of furan rings is 1. The maximum atomic E-state index is 12.3. The van der Waals surface area contributed by atoms with Crippen molar-refractivity contribution in [1.29, 1.82) is 0 Å². The third-order valence-electron chi connectivity index (χ3n) is 3.33. The van der Waals surface area contributed by atoms with Crippen molar-refractivity contribution in [2.75, 3.05) is 0 Å². The summed E-state index contributed by atoms with van der Waals surface area (Å²) in [5.41, 5.74) is -0.210. The van der Waals surface area contributed by atoms with Crippen LogP contribution in [0.25, 0.3) is 0 Å². The Kier molecular flexibility index (Phi) is 3.01. The Morgan fingerprint density at radius 1 is 1.40 bits per heavy atom. The molecule has 2 nitrogen and oxygen atoms in total. The molecular weight excluding hydrogens is 256 g/mol. The molecule has 0 atom stereocenters. The molecule has 0 amide bonds.